The Balaban J connectivity index is 1.66. The monoisotopic (exact) mass is 462 g/mol. The van der Waals surface area contributed by atoms with Gasteiger partial charge in [0, 0.05) is 17.6 Å². The Bertz CT molecular complexity index is 901. The van der Waals surface area contributed by atoms with Crippen LogP contribution in [0.4, 0.5) is 0 Å². The van der Waals surface area contributed by atoms with Crippen molar-refractivity contribution in [3.05, 3.63) is 46.8 Å². The van der Waals surface area contributed by atoms with Crippen LogP contribution in [-0.4, -0.2) is 32.5 Å². The smallest absolute Gasteiger partial charge is 0.230 e. The molecule has 1 aromatic heterocycles. The molecule has 1 saturated carbocycles. The number of hydrogen-bond donors (Lipinski definition) is 1. The predicted molar refractivity (Wildman–Crippen MR) is 126 cm³/mol. The minimum absolute atomic E-state index is 0.0445. The molecule has 1 aliphatic carbocycles. The maximum absolute atomic E-state index is 12.4. The van der Waals surface area contributed by atoms with Gasteiger partial charge in [-0.3, -0.25) is 9.36 Å². The predicted octanol–water partition coefficient (Wildman–Crippen LogP) is 5.42. The molecule has 3 rings (SSSR count). The molecule has 0 aliphatic heterocycles. The first-order chi connectivity index (χ1) is 14.9. The summed E-state index contributed by atoms with van der Waals surface area (Å²) < 4.78 is 8.09. The van der Waals surface area contributed by atoms with E-state index in [4.69, 9.17) is 16.3 Å². The summed E-state index contributed by atoms with van der Waals surface area (Å²) in [6, 6.07) is 4.15. The topological polar surface area (TPSA) is 69.0 Å². The number of aromatic nitrogens is 3. The lowest BCUT2D eigenvalue weighted by Gasteiger charge is -2.22. The van der Waals surface area contributed by atoms with Crippen molar-refractivity contribution in [3.63, 3.8) is 0 Å². The summed E-state index contributed by atoms with van der Waals surface area (Å²) in [6.45, 7) is 10.2. The van der Waals surface area contributed by atoms with Gasteiger partial charge in [-0.25, -0.2) is 0 Å². The van der Waals surface area contributed by atoms with Crippen LogP contribution in [0.2, 0.25) is 5.02 Å². The fourth-order valence-corrected chi connectivity index (χ4v) is 4.76. The molecule has 1 atom stereocenters. The Morgan fingerprint density at radius 3 is 2.65 bits per heavy atom. The quantitative estimate of drug-likeness (QED) is 0.398. The van der Waals surface area contributed by atoms with Crippen LogP contribution in [0.1, 0.15) is 62.1 Å². The second-order valence-electron chi connectivity index (χ2n) is 8.06. The summed E-state index contributed by atoms with van der Waals surface area (Å²) in [5.74, 6) is 1.79. The van der Waals surface area contributed by atoms with E-state index in [-0.39, 0.29) is 12.0 Å². The second kappa shape index (κ2) is 11.0. The van der Waals surface area contributed by atoms with E-state index in [0.717, 1.165) is 34.7 Å². The Morgan fingerprint density at radius 2 is 2.00 bits per heavy atom. The largest absolute Gasteiger partial charge is 0.483 e. The molecule has 6 nitrogen and oxygen atoms in total. The molecule has 168 valence electrons. The van der Waals surface area contributed by atoms with Crippen molar-refractivity contribution < 1.29 is 9.53 Å². The number of ether oxygens (including phenoxy) is 1. The summed E-state index contributed by atoms with van der Waals surface area (Å²) in [7, 11) is 0. The lowest BCUT2D eigenvalue weighted by atomic mass is 9.95. The number of rotatable bonds is 9. The number of amides is 1. The number of thioether (sulfide) groups is 1. The fourth-order valence-electron chi connectivity index (χ4n) is 3.89. The number of nitrogens with zero attached hydrogens (tertiary/aromatic N) is 3. The molecule has 1 amide bonds. The van der Waals surface area contributed by atoms with Crippen molar-refractivity contribution >= 4 is 29.3 Å². The summed E-state index contributed by atoms with van der Waals surface area (Å²) in [6.07, 6.45) is 7.28. The van der Waals surface area contributed by atoms with Crippen LogP contribution in [0.5, 0.6) is 5.75 Å². The van der Waals surface area contributed by atoms with Crippen LogP contribution in [0.25, 0.3) is 0 Å². The Kier molecular flexibility index (Phi) is 8.43. The molecule has 1 unspecified atom stereocenters. The minimum atomic E-state index is -0.321. The van der Waals surface area contributed by atoms with Crippen LogP contribution in [0.15, 0.2) is 29.9 Å². The number of carbonyl (C=O) groups excluding carboxylic acids is 1. The van der Waals surface area contributed by atoms with Crippen LogP contribution < -0.4 is 10.1 Å². The molecule has 1 aromatic carbocycles. The van der Waals surface area contributed by atoms with Crippen molar-refractivity contribution in [2.45, 2.75) is 76.7 Å². The number of carbonyl (C=O) groups is 1. The van der Waals surface area contributed by atoms with Gasteiger partial charge in [-0.1, -0.05) is 48.7 Å². The van der Waals surface area contributed by atoms with Gasteiger partial charge in [-0.05, 0) is 56.9 Å². The van der Waals surface area contributed by atoms with Gasteiger partial charge in [-0.2, -0.15) is 0 Å². The molecule has 1 fully saturated rings. The average molecular weight is 463 g/mol. The first-order valence-corrected chi connectivity index (χ1v) is 12.1. The zero-order chi connectivity index (χ0) is 22.4. The van der Waals surface area contributed by atoms with Gasteiger partial charge < -0.3 is 10.1 Å². The SMILES string of the molecule is C=CCn1c(SCC(=O)NC2CCCCC2)nnc1C(C)Oc1cc(C)c(Cl)c(C)c1. The van der Waals surface area contributed by atoms with Crippen molar-refractivity contribution in [2.75, 3.05) is 5.75 Å². The molecule has 0 radical (unpaired) electrons. The van der Waals surface area contributed by atoms with Crippen molar-refractivity contribution in [2.24, 2.45) is 0 Å². The summed E-state index contributed by atoms with van der Waals surface area (Å²) in [5, 5.41) is 13.2. The van der Waals surface area contributed by atoms with E-state index in [1.165, 1.54) is 31.0 Å². The van der Waals surface area contributed by atoms with Crippen LogP contribution in [0.3, 0.4) is 0 Å². The number of hydrogen-bond acceptors (Lipinski definition) is 5. The van der Waals surface area contributed by atoms with E-state index >= 15 is 0 Å². The van der Waals surface area contributed by atoms with Crippen molar-refractivity contribution in [3.8, 4) is 5.75 Å². The van der Waals surface area contributed by atoms with Gasteiger partial charge in [-0.15, -0.1) is 16.8 Å². The molecule has 8 heteroatoms. The first kappa shape index (κ1) is 23.7. The van der Waals surface area contributed by atoms with Gasteiger partial charge in [0.15, 0.2) is 17.1 Å². The molecule has 0 saturated heterocycles. The zero-order valence-electron chi connectivity index (χ0n) is 18.5. The van der Waals surface area contributed by atoms with E-state index in [9.17, 15) is 4.79 Å². The number of halogens is 1. The molecule has 2 aromatic rings. The van der Waals surface area contributed by atoms with Crippen molar-refractivity contribution in [1.82, 2.24) is 20.1 Å². The van der Waals surface area contributed by atoms with E-state index in [1.54, 1.807) is 6.08 Å². The molecule has 1 heterocycles. The third-order valence-corrected chi connectivity index (χ3v) is 7.01. The number of nitrogens with one attached hydrogen (secondary N) is 1. The standard InChI is InChI=1S/C23H31ClN4O2S/c1-5-11-28-22(17(4)30-19-12-15(2)21(24)16(3)13-19)26-27-23(28)31-14-20(29)25-18-9-7-6-8-10-18/h5,12-13,17-18H,1,6-11,14H2,2-4H3,(H,25,29). The molecule has 0 spiro atoms. The Morgan fingerprint density at radius 1 is 1.32 bits per heavy atom. The van der Waals surface area contributed by atoms with E-state index in [0.29, 0.717) is 29.3 Å². The van der Waals surface area contributed by atoms with Crippen molar-refractivity contribution in [1.29, 1.82) is 0 Å². The van der Waals surface area contributed by atoms with Gasteiger partial charge in [0.25, 0.3) is 0 Å². The molecular formula is C23H31ClN4O2S. The molecule has 31 heavy (non-hydrogen) atoms. The Hall–Kier alpha value is -1.99. The maximum atomic E-state index is 12.4. The number of allylic oxidation sites excluding steroid dienone is 1. The molecule has 1 aliphatic rings. The number of aryl methyl sites for hydroxylation is 2. The first-order valence-electron chi connectivity index (χ1n) is 10.8. The maximum Gasteiger partial charge on any atom is 0.230 e. The molecule has 1 N–H and O–H groups in total. The summed E-state index contributed by atoms with van der Waals surface area (Å²) in [4.78, 5) is 12.4. The average Bonchev–Trinajstić information content (AvgIpc) is 3.14. The lowest BCUT2D eigenvalue weighted by molar-refractivity contribution is -0.119. The summed E-state index contributed by atoms with van der Waals surface area (Å²) in [5.41, 5.74) is 1.94. The lowest BCUT2D eigenvalue weighted by Crippen LogP contribution is -2.37. The van der Waals surface area contributed by atoms with E-state index < -0.39 is 0 Å². The van der Waals surface area contributed by atoms with Gasteiger partial charge in [0.1, 0.15) is 5.75 Å². The van der Waals surface area contributed by atoms with E-state index in [1.807, 2.05) is 37.5 Å². The third kappa shape index (κ3) is 6.26. The summed E-state index contributed by atoms with van der Waals surface area (Å²) >= 11 is 7.66. The van der Waals surface area contributed by atoms with Crippen LogP contribution in [-0.2, 0) is 11.3 Å². The highest BCUT2D eigenvalue weighted by Gasteiger charge is 2.21. The molecular weight excluding hydrogens is 432 g/mol. The fraction of sp³-hybridized carbons (Fsp3) is 0.522. The highest BCUT2D eigenvalue weighted by atomic mass is 35.5. The van der Waals surface area contributed by atoms with Crippen LogP contribution in [0, 0.1) is 13.8 Å². The van der Waals surface area contributed by atoms with Gasteiger partial charge in [0.2, 0.25) is 5.91 Å². The Labute approximate surface area is 193 Å². The minimum Gasteiger partial charge on any atom is -0.483 e. The van der Waals surface area contributed by atoms with Gasteiger partial charge in [0.05, 0.1) is 5.75 Å². The second-order valence-corrected chi connectivity index (χ2v) is 9.38. The van der Waals surface area contributed by atoms with Gasteiger partial charge >= 0.3 is 0 Å². The number of benzene rings is 1. The highest BCUT2D eigenvalue weighted by molar-refractivity contribution is 7.99. The normalized spacial score (nSPS) is 15.5. The van der Waals surface area contributed by atoms with Crippen LogP contribution >= 0.6 is 23.4 Å². The highest BCUT2D eigenvalue weighted by Crippen LogP contribution is 2.30. The third-order valence-electron chi connectivity index (χ3n) is 5.45. The molecule has 0 bridgehead atoms. The van der Waals surface area contributed by atoms with E-state index in [2.05, 4.69) is 22.1 Å². The zero-order valence-corrected chi connectivity index (χ0v) is 20.1.